The van der Waals surface area contributed by atoms with Gasteiger partial charge in [0.2, 0.25) is 0 Å². The van der Waals surface area contributed by atoms with Gasteiger partial charge in [-0.15, -0.1) is 0 Å². The summed E-state index contributed by atoms with van der Waals surface area (Å²) in [6.45, 7) is 4.55. The zero-order chi connectivity index (χ0) is 10.2. The minimum absolute atomic E-state index is 0.337. The molecule has 0 fully saturated rings. The summed E-state index contributed by atoms with van der Waals surface area (Å²) >= 11 is 2.46. The molecule has 0 aliphatic rings. The second-order valence-electron chi connectivity index (χ2n) is 4.34. The molecular formula is C11H24IN. The van der Waals surface area contributed by atoms with E-state index in [9.17, 15) is 0 Å². The van der Waals surface area contributed by atoms with Crippen LogP contribution in [0.5, 0.6) is 0 Å². The number of hydrogen-bond donors (Lipinski definition) is 1. The van der Waals surface area contributed by atoms with Crippen LogP contribution in [0.15, 0.2) is 0 Å². The van der Waals surface area contributed by atoms with E-state index < -0.39 is 0 Å². The minimum Gasteiger partial charge on any atom is -0.315 e. The molecule has 0 aromatic carbocycles. The second kappa shape index (κ2) is 8.04. The van der Waals surface area contributed by atoms with Crippen LogP contribution in [-0.4, -0.2) is 17.0 Å². The molecule has 13 heavy (non-hydrogen) atoms. The highest BCUT2D eigenvalue weighted by Gasteiger charge is 2.12. The molecule has 0 spiro atoms. The lowest BCUT2D eigenvalue weighted by Crippen LogP contribution is -2.35. The molecule has 0 bridgehead atoms. The van der Waals surface area contributed by atoms with E-state index in [1.54, 1.807) is 0 Å². The van der Waals surface area contributed by atoms with Crippen molar-refractivity contribution in [2.75, 3.05) is 11.5 Å². The summed E-state index contributed by atoms with van der Waals surface area (Å²) in [4.78, 5) is 0. The first-order chi connectivity index (χ1) is 6.12. The third-order valence-electron chi connectivity index (χ3n) is 2.61. The summed E-state index contributed by atoms with van der Waals surface area (Å²) in [5.74, 6) is 0. The van der Waals surface area contributed by atoms with Crippen LogP contribution in [0, 0.1) is 0 Å². The molecular weight excluding hydrogens is 273 g/mol. The largest absolute Gasteiger partial charge is 0.315 e. The Balaban J connectivity index is 3.16. The van der Waals surface area contributed by atoms with E-state index in [4.69, 9.17) is 0 Å². The van der Waals surface area contributed by atoms with Crippen LogP contribution in [0.4, 0.5) is 0 Å². The summed E-state index contributed by atoms with van der Waals surface area (Å²) in [6, 6.07) is 0. The summed E-state index contributed by atoms with van der Waals surface area (Å²) < 4.78 is 1.32. The van der Waals surface area contributed by atoms with Crippen LogP contribution in [0.3, 0.4) is 0 Å². The number of hydrogen-bond acceptors (Lipinski definition) is 1. The lowest BCUT2D eigenvalue weighted by molar-refractivity contribution is 0.374. The van der Waals surface area contributed by atoms with Crippen molar-refractivity contribution in [3.8, 4) is 0 Å². The van der Waals surface area contributed by atoms with Crippen LogP contribution in [0.1, 0.15) is 52.4 Å². The zero-order valence-electron chi connectivity index (χ0n) is 9.33. The third kappa shape index (κ3) is 9.01. The zero-order valence-corrected chi connectivity index (χ0v) is 11.5. The maximum Gasteiger partial charge on any atom is 0.0122 e. The van der Waals surface area contributed by atoms with E-state index in [1.165, 1.54) is 43.0 Å². The Morgan fingerprint density at radius 2 is 1.54 bits per heavy atom. The van der Waals surface area contributed by atoms with Gasteiger partial charge in [-0.05, 0) is 38.2 Å². The van der Waals surface area contributed by atoms with Gasteiger partial charge >= 0.3 is 0 Å². The molecule has 1 N–H and O–H groups in total. The number of halogens is 1. The van der Waals surface area contributed by atoms with Crippen molar-refractivity contribution < 1.29 is 0 Å². The maximum atomic E-state index is 3.34. The van der Waals surface area contributed by atoms with Crippen molar-refractivity contribution >= 4 is 22.6 Å². The molecule has 0 aliphatic heterocycles. The van der Waals surface area contributed by atoms with Crippen molar-refractivity contribution in [1.29, 1.82) is 0 Å². The standard InChI is InChI=1S/C11H24IN/c1-11(2,13-3)9-7-5-4-6-8-10-12/h13H,4-10H2,1-3H3. The van der Waals surface area contributed by atoms with Gasteiger partial charge in [-0.1, -0.05) is 48.3 Å². The third-order valence-corrected chi connectivity index (χ3v) is 3.37. The molecule has 1 nitrogen and oxygen atoms in total. The summed E-state index contributed by atoms with van der Waals surface area (Å²) in [7, 11) is 2.05. The second-order valence-corrected chi connectivity index (χ2v) is 5.42. The molecule has 0 atom stereocenters. The van der Waals surface area contributed by atoms with E-state index in [2.05, 4.69) is 48.8 Å². The van der Waals surface area contributed by atoms with Gasteiger partial charge < -0.3 is 5.32 Å². The first kappa shape index (κ1) is 13.7. The average molecular weight is 297 g/mol. The smallest absolute Gasteiger partial charge is 0.0122 e. The first-order valence-corrected chi connectivity index (χ1v) is 6.90. The quantitative estimate of drug-likeness (QED) is 0.408. The molecule has 0 unspecified atom stereocenters. The highest BCUT2D eigenvalue weighted by Crippen LogP contribution is 2.14. The number of nitrogens with one attached hydrogen (secondary N) is 1. The van der Waals surface area contributed by atoms with Crippen molar-refractivity contribution in [3.63, 3.8) is 0 Å². The van der Waals surface area contributed by atoms with Crippen LogP contribution in [0.25, 0.3) is 0 Å². The number of rotatable bonds is 8. The van der Waals surface area contributed by atoms with E-state index in [-0.39, 0.29) is 0 Å². The van der Waals surface area contributed by atoms with E-state index in [0.29, 0.717) is 5.54 Å². The Kier molecular flexibility index (Phi) is 8.46. The molecule has 0 aromatic heterocycles. The van der Waals surface area contributed by atoms with Gasteiger partial charge in [0.25, 0.3) is 0 Å². The number of alkyl halides is 1. The molecule has 0 aromatic rings. The minimum atomic E-state index is 0.337. The summed E-state index contributed by atoms with van der Waals surface area (Å²) in [6.07, 6.45) is 8.31. The number of unbranched alkanes of at least 4 members (excludes halogenated alkanes) is 4. The monoisotopic (exact) mass is 297 g/mol. The lowest BCUT2D eigenvalue weighted by Gasteiger charge is -2.23. The first-order valence-electron chi connectivity index (χ1n) is 5.37. The van der Waals surface area contributed by atoms with Gasteiger partial charge in [0.1, 0.15) is 0 Å². The Bertz CT molecular complexity index is 113. The molecule has 0 saturated heterocycles. The molecule has 80 valence electrons. The van der Waals surface area contributed by atoms with E-state index >= 15 is 0 Å². The molecule has 0 rings (SSSR count). The van der Waals surface area contributed by atoms with Gasteiger partial charge in [-0.3, -0.25) is 0 Å². The Labute approximate surface area is 97.2 Å². The van der Waals surface area contributed by atoms with Crippen molar-refractivity contribution in [3.05, 3.63) is 0 Å². The topological polar surface area (TPSA) is 12.0 Å². The molecule has 0 amide bonds. The van der Waals surface area contributed by atoms with Crippen LogP contribution in [0.2, 0.25) is 0 Å². The van der Waals surface area contributed by atoms with Gasteiger partial charge in [-0.2, -0.15) is 0 Å². The normalized spacial score (nSPS) is 12.0. The average Bonchev–Trinajstić information content (AvgIpc) is 2.11. The Morgan fingerprint density at radius 1 is 1.00 bits per heavy atom. The fraction of sp³-hybridized carbons (Fsp3) is 1.00. The summed E-state index contributed by atoms with van der Waals surface area (Å²) in [5.41, 5.74) is 0.337. The van der Waals surface area contributed by atoms with E-state index in [1.807, 2.05) is 0 Å². The SMILES string of the molecule is CNC(C)(C)CCCCCCCI. The lowest BCUT2D eigenvalue weighted by atomic mass is 9.96. The maximum absolute atomic E-state index is 3.34. The molecule has 0 saturated carbocycles. The molecule has 0 radical (unpaired) electrons. The fourth-order valence-electron chi connectivity index (χ4n) is 1.32. The predicted octanol–water partition coefficient (Wildman–Crippen LogP) is 3.76. The Morgan fingerprint density at radius 3 is 2.08 bits per heavy atom. The van der Waals surface area contributed by atoms with Crippen LogP contribution < -0.4 is 5.32 Å². The van der Waals surface area contributed by atoms with Crippen LogP contribution >= 0.6 is 22.6 Å². The summed E-state index contributed by atoms with van der Waals surface area (Å²) in [5, 5.41) is 3.34. The fourth-order valence-corrected chi connectivity index (χ4v) is 1.86. The van der Waals surface area contributed by atoms with Gasteiger partial charge in [-0.25, -0.2) is 0 Å². The van der Waals surface area contributed by atoms with Gasteiger partial charge in [0.15, 0.2) is 0 Å². The molecule has 2 heteroatoms. The Hall–Kier alpha value is 0.690. The van der Waals surface area contributed by atoms with Crippen molar-refractivity contribution in [2.24, 2.45) is 0 Å². The molecule has 0 aliphatic carbocycles. The van der Waals surface area contributed by atoms with Crippen molar-refractivity contribution in [1.82, 2.24) is 5.32 Å². The van der Waals surface area contributed by atoms with Crippen molar-refractivity contribution in [2.45, 2.75) is 57.9 Å². The van der Waals surface area contributed by atoms with Gasteiger partial charge in [0, 0.05) is 5.54 Å². The van der Waals surface area contributed by atoms with Gasteiger partial charge in [0.05, 0.1) is 0 Å². The van der Waals surface area contributed by atoms with E-state index in [0.717, 1.165) is 0 Å². The predicted molar refractivity (Wildman–Crippen MR) is 69.7 cm³/mol. The molecule has 0 heterocycles. The van der Waals surface area contributed by atoms with Crippen LogP contribution in [-0.2, 0) is 0 Å². The highest BCUT2D eigenvalue weighted by molar-refractivity contribution is 14.1. The highest BCUT2D eigenvalue weighted by atomic mass is 127.